The summed E-state index contributed by atoms with van der Waals surface area (Å²) in [6.45, 7) is 3.93. The number of ether oxygens (including phenoxy) is 1. The van der Waals surface area contributed by atoms with Gasteiger partial charge in [0.15, 0.2) is 0 Å². The van der Waals surface area contributed by atoms with Crippen molar-refractivity contribution < 1.29 is 9.84 Å². The van der Waals surface area contributed by atoms with E-state index in [0.29, 0.717) is 16.9 Å². The lowest BCUT2D eigenvalue weighted by atomic mass is 9.80. The highest BCUT2D eigenvalue weighted by Gasteiger charge is 2.42. The van der Waals surface area contributed by atoms with Crippen LogP contribution >= 0.6 is 11.6 Å². The molecule has 122 valence electrons. The quantitative estimate of drug-likeness (QED) is 0.831. The average Bonchev–Trinajstić information content (AvgIpc) is 2.97. The van der Waals surface area contributed by atoms with Crippen molar-refractivity contribution >= 4 is 17.2 Å². The molecule has 3 heteroatoms. The molecule has 1 aromatic carbocycles. The van der Waals surface area contributed by atoms with Crippen LogP contribution in [0.4, 0.5) is 0 Å². The zero-order valence-electron chi connectivity index (χ0n) is 13.9. The lowest BCUT2D eigenvalue weighted by Gasteiger charge is -2.31. The average molecular weight is 331 g/mol. The second-order valence-electron chi connectivity index (χ2n) is 6.42. The van der Waals surface area contributed by atoms with Gasteiger partial charge < -0.3 is 9.84 Å². The number of aliphatic hydroxyl groups excluding tert-OH is 1. The summed E-state index contributed by atoms with van der Waals surface area (Å²) in [5, 5.41) is 11.6. The molecule has 1 N–H and O–H groups in total. The van der Waals surface area contributed by atoms with Crippen molar-refractivity contribution in [1.82, 2.24) is 0 Å². The van der Waals surface area contributed by atoms with Gasteiger partial charge in [-0.05, 0) is 56.2 Å². The second-order valence-corrected chi connectivity index (χ2v) is 6.82. The van der Waals surface area contributed by atoms with Gasteiger partial charge in [-0.15, -0.1) is 5.92 Å². The molecule has 0 heterocycles. The van der Waals surface area contributed by atoms with Crippen LogP contribution in [-0.2, 0) is 11.2 Å². The van der Waals surface area contributed by atoms with Gasteiger partial charge in [-0.25, -0.2) is 0 Å². The molecule has 3 atom stereocenters. The molecule has 3 rings (SSSR count). The van der Waals surface area contributed by atoms with Gasteiger partial charge in [-0.3, -0.25) is 0 Å². The minimum absolute atomic E-state index is 0.324. The minimum Gasteiger partial charge on any atom is -0.500 e. The first-order valence-corrected chi connectivity index (χ1v) is 8.70. The molecule has 2 nitrogen and oxygen atoms in total. The summed E-state index contributed by atoms with van der Waals surface area (Å²) >= 11 is 6.62. The first-order valence-electron chi connectivity index (χ1n) is 8.32. The largest absolute Gasteiger partial charge is 0.500 e. The second kappa shape index (κ2) is 6.59. The summed E-state index contributed by atoms with van der Waals surface area (Å²) in [6.07, 6.45) is 3.52. The highest BCUT2D eigenvalue weighted by atomic mass is 35.5. The lowest BCUT2D eigenvalue weighted by Crippen LogP contribution is -2.27. The maximum Gasteiger partial charge on any atom is 0.105 e. The predicted molar refractivity (Wildman–Crippen MR) is 94.1 cm³/mol. The monoisotopic (exact) mass is 330 g/mol. The van der Waals surface area contributed by atoms with Gasteiger partial charge in [0.25, 0.3) is 0 Å². The van der Waals surface area contributed by atoms with Crippen molar-refractivity contribution in [1.29, 1.82) is 0 Å². The number of rotatable bonds is 3. The van der Waals surface area contributed by atoms with Gasteiger partial charge >= 0.3 is 0 Å². The van der Waals surface area contributed by atoms with Crippen LogP contribution in [0.25, 0.3) is 5.57 Å². The van der Waals surface area contributed by atoms with E-state index in [1.807, 2.05) is 13.0 Å². The number of hydrogen-bond acceptors (Lipinski definition) is 2. The van der Waals surface area contributed by atoms with E-state index in [2.05, 4.69) is 24.8 Å². The number of fused-ring (bicyclic) bond motifs is 2. The lowest BCUT2D eigenvalue weighted by molar-refractivity contribution is 0.138. The molecule has 1 aromatic rings. The molecule has 0 aliphatic heterocycles. The van der Waals surface area contributed by atoms with E-state index in [9.17, 15) is 5.11 Å². The third kappa shape index (κ3) is 2.77. The standard InChI is InChI=1S/C20H23ClO2/c1-4-6-12-9-13(5-2)17(16(21)10-12)18-19(22)14-7-8-15(11-14)20(18)23-3/h9-10,14-15,19,22H,5,7-8,11H2,1-3H3. The van der Waals surface area contributed by atoms with Gasteiger partial charge in [-0.2, -0.15) is 0 Å². The Bertz CT molecular complexity index is 708. The van der Waals surface area contributed by atoms with Gasteiger partial charge in [0.05, 0.1) is 13.2 Å². The molecule has 0 spiro atoms. The first-order chi connectivity index (χ1) is 11.1. The molecule has 23 heavy (non-hydrogen) atoms. The van der Waals surface area contributed by atoms with Crippen LogP contribution in [0.15, 0.2) is 17.9 Å². The van der Waals surface area contributed by atoms with Crippen molar-refractivity contribution in [2.24, 2.45) is 11.8 Å². The zero-order chi connectivity index (χ0) is 16.6. The summed E-state index contributed by atoms with van der Waals surface area (Å²) in [7, 11) is 1.71. The molecule has 0 radical (unpaired) electrons. The molecule has 1 saturated carbocycles. The molecule has 1 fully saturated rings. The van der Waals surface area contributed by atoms with Crippen LogP contribution in [0.3, 0.4) is 0 Å². The molecule has 3 unspecified atom stereocenters. The van der Waals surface area contributed by atoms with Crippen LogP contribution in [0.2, 0.25) is 5.02 Å². The maximum atomic E-state index is 10.9. The van der Waals surface area contributed by atoms with Gasteiger partial charge in [-0.1, -0.05) is 24.4 Å². The summed E-state index contributed by atoms with van der Waals surface area (Å²) in [5.74, 6) is 7.66. The molecule has 2 aliphatic carbocycles. The summed E-state index contributed by atoms with van der Waals surface area (Å²) < 4.78 is 5.72. The number of aliphatic hydroxyl groups is 1. The number of allylic oxidation sites excluding steroid dienone is 1. The van der Waals surface area contributed by atoms with E-state index in [4.69, 9.17) is 16.3 Å². The van der Waals surface area contributed by atoms with E-state index in [-0.39, 0.29) is 0 Å². The molecule has 0 aromatic heterocycles. The Hall–Kier alpha value is -1.43. The first kappa shape index (κ1) is 16.4. The van der Waals surface area contributed by atoms with Gasteiger partial charge in [0.2, 0.25) is 0 Å². The van der Waals surface area contributed by atoms with Crippen LogP contribution in [-0.4, -0.2) is 18.3 Å². The fraction of sp³-hybridized carbons (Fsp3) is 0.500. The molecule has 2 aliphatic rings. The minimum atomic E-state index is -0.491. The smallest absolute Gasteiger partial charge is 0.105 e. The summed E-state index contributed by atoms with van der Waals surface area (Å²) in [6, 6.07) is 3.98. The van der Waals surface area contributed by atoms with Crippen LogP contribution < -0.4 is 0 Å². The SMILES string of the molecule is CC#Cc1cc(Cl)c(C2=C(OC)C3CCC(C3)C2O)c(CC)c1. The van der Waals surface area contributed by atoms with Crippen LogP contribution in [0.5, 0.6) is 0 Å². The van der Waals surface area contributed by atoms with E-state index in [0.717, 1.165) is 53.7 Å². The Labute approximate surface area is 143 Å². The van der Waals surface area contributed by atoms with Crippen LogP contribution in [0, 0.1) is 23.7 Å². The highest BCUT2D eigenvalue weighted by molar-refractivity contribution is 6.32. The topological polar surface area (TPSA) is 29.5 Å². The van der Waals surface area contributed by atoms with Crippen molar-refractivity contribution in [2.45, 2.75) is 45.6 Å². The number of methoxy groups -OCH3 is 1. The Balaban J connectivity index is 2.21. The molecule has 2 bridgehead atoms. The fourth-order valence-corrected chi connectivity index (χ4v) is 4.49. The van der Waals surface area contributed by atoms with Crippen LogP contribution in [0.1, 0.15) is 49.8 Å². The van der Waals surface area contributed by atoms with E-state index in [1.165, 1.54) is 0 Å². The Kier molecular flexibility index (Phi) is 4.71. The number of benzene rings is 1. The Morgan fingerprint density at radius 2 is 2.13 bits per heavy atom. The third-order valence-electron chi connectivity index (χ3n) is 5.16. The van der Waals surface area contributed by atoms with E-state index >= 15 is 0 Å². The molecular weight excluding hydrogens is 308 g/mol. The maximum absolute atomic E-state index is 10.9. The van der Waals surface area contributed by atoms with Crippen molar-refractivity contribution in [3.05, 3.63) is 39.6 Å². The predicted octanol–water partition coefficient (Wildman–Crippen LogP) is 4.42. The number of halogens is 1. The summed E-state index contributed by atoms with van der Waals surface area (Å²) in [5.41, 5.74) is 3.91. The molecular formula is C20H23ClO2. The fourth-order valence-electron chi connectivity index (χ4n) is 4.15. The highest BCUT2D eigenvalue weighted by Crippen LogP contribution is 2.50. The van der Waals surface area contributed by atoms with Crippen molar-refractivity contribution in [3.63, 3.8) is 0 Å². The third-order valence-corrected chi connectivity index (χ3v) is 5.46. The van der Waals surface area contributed by atoms with E-state index in [1.54, 1.807) is 7.11 Å². The van der Waals surface area contributed by atoms with Gasteiger partial charge in [0, 0.05) is 27.6 Å². The Morgan fingerprint density at radius 1 is 1.35 bits per heavy atom. The van der Waals surface area contributed by atoms with Crippen molar-refractivity contribution in [3.8, 4) is 11.8 Å². The van der Waals surface area contributed by atoms with Crippen molar-refractivity contribution in [2.75, 3.05) is 7.11 Å². The number of hydrogen-bond donors (Lipinski definition) is 1. The molecule has 0 saturated heterocycles. The summed E-state index contributed by atoms with van der Waals surface area (Å²) in [4.78, 5) is 0. The van der Waals surface area contributed by atoms with Gasteiger partial charge in [0.1, 0.15) is 5.76 Å². The molecule has 0 amide bonds. The number of aryl methyl sites for hydroxylation is 1. The van der Waals surface area contributed by atoms with E-state index < -0.39 is 6.10 Å². The normalized spacial score (nSPS) is 26.0. The zero-order valence-corrected chi connectivity index (χ0v) is 14.7. The Morgan fingerprint density at radius 3 is 2.78 bits per heavy atom.